The van der Waals surface area contributed by atoms with Crippen LogP contribution < -0.4 is 0 Å². The second kappa shape index (κ2) is 8.34. The van der Waals surface area contributed by atoms with E-state index in [4.69, 9.17) is 0 Å². The van der Waals surface area contributed by atoms with Gasteiger partial charge < -0.3 is 0 Å². The molecule has 0 N–H and O–H groups in total. The van der Waals surface area contributed by atoms with Crippen molar-refractivity contribution in [2.45, 2.75) is 58.8 Å². The van der Waals surface area contributed by atoms with Crippen LogP contribution in [0.3, 0.4) is 0 Å². The molecule has 78 valence electrons. The molecule has 0 aromatic rings. The molecule has 0 aromatic heterocycles. The molecule has 0 spiro atoms. The van der Waals surface area contributed by atoms with Gasteiger partial charge in [-0.25, -0.2) is 0 Å². The van der Waals surface area contributed by atoms with Crippen LogP contribution in [-0.4, -0.2) is 0 Å². The van der Waals surface area contributed by atoms with Gasteiger partial charge in [0.05, 0.1) is 0 Å². The Morgan fingerprint density at radius 1 is 1.00 bits per heavy atom. The molecule has 1 aliphatic carbocycles. The molecule has 0 radical (unpaired) electrons. The Morgan fingerprint density at radius 3 is 1.85 bits per heavy atom. The maximum Gasteiger partial charge on any atom is -0.0386 e. The fourth-order valence-electron chi connectivity index (χ4n) is 2.56. The molecule has 0 bridgehead atoms. The van der Waals surface area contributed by atoms with Crippen molar-refractivity contribution in [3.63, 3.8) is 0 Å². The predicted molar refractivity (Wildman–Crippen MR) is 61.9 cm³/mol. The standard InChI is InChI=1S/C11H22.C2H4/c1-3-10(4-2)11-8-6-5-7-9-11;1-2/h10-11H,3-9H2,1-2H3;1-2H2. The van der Waals surface area contributed by atoms with Crippen molar-refractivity contribution in [3.8, 4) is 0 Å². The number of hydrogen-bond donors (Lipinski definition) is 0. The van der Waals surface area contributed by atoms with Crippen LogP contribution in [0.5, 0.6) is 0 Å². The first-order chi connectivity index (χ1) is 6.38. The average molecular weight is 182 g/mol. The first-order valence-corrected chi connectivity index (χ1v) is 5.88. The summed E-state index contributed by atoms with van der Waals surface area (Å²) >= 11 is 0. The van der Waals surface area contributed by atoms with E-state index in [1.165, 1.54) is 44.9 Å². The third kappa shape index (κ3) is 4.50. The summed E-state index contributed by atoms with van der Waals surface area (Å²) in [5.41, 5.74) is 0. The zero-order valence-corrected chi connectivity index (χ0v) is 9.52. The van der Waals surface area contributed by atoms with Gasteiger partial charge in [0.15, 0.2) is 0 Å². The summed E-state index contributed by atoms with van der Waals surface area (Å²) in [6, 6.07) is 0. The van der Waals surface area contributed by atoms with Crippen LogP contribution in [0.25, 0.3) is 0 Å². The van der Waals surface area contributed by atoms with Crippen molar-refractivity contribution in [2.75, 3.05) is 0 Å². The third-order valence-electron chi connectivity index (χ3n) is 3.37. The van der Waals surface area contributed by atoms with E-state index < -0.39 is 0 Å². The van der Waals surface area contributed by atoms with Gasteiger partial charge in [0.2, 0.25) is 0 Å². The van der Waals surface area contributed by atoms with Gasteiger partial charge >= 0.3 is 0 Å². The topological polar surface area (TPSA) is 0 Å². The molecule has 0 unspecified atom stereocenters. The lowest BCUT2D eigenvalue weighted by atomic mass is 9.78. The molecule has 1 fully saturated rings. The van der Waals surface area contributed by atoms with Crippen LogP contribution >= 0.6 is 0 Å². The molecular weight excluding hydrogens is 156 g/mol. The zero-order valence-electron chi connectivity index (χ0n) is 9.52. The maximum atomic E-state index is 3.00. The number of rotatable bonds is 3. The summed E-state index contributed by atoms with van der Waals surface area (Å²) in [5, 5.41) is 0. The molecule has 0 saturated heterocycles. The van der Waals surface area contributed by atoms with Crippen molar-refractivity contribution in [2.24, 2.45) is 11.8 Å². The van der Waals surface area contributed by atoms with Gasteiger partial charge in [0.25, 0.3) is 0 Å². The monoisotopic (exact) mass is 182 g/mol. The second-order valence-electron chi connectivity index (χ2n) is 3.97. The molecule has 0 atom stereocenters. The highest BCUT2D eigenvalue weighted by molar-refractivity contribution is 4.71. The summed E-state index contributed by atoms with van der Waals surface area (Å²) in [4.78, 5) is 0. The smallest absolute Gasteiger partial charge is 0.0386 e. The lowest BCUT2D eigenvalue weighted by Crippen LogP contribution is -2.16. The van der Waals surface area contributed by atoms with E-state index in [0.29, 0.717) is 0 Å². The zero-order chi connectivity index (χ0) is 10.1. The van der Waals surface area contributed by atoms with E-state index in [0.717, 1.165) is 11.8 Å². The summed E-state index contributed by atoms with van der Waals surface area (Å²) < 4.78 is 0. The minimum Gasteiger partial charge on any atom is -0.106 e. The van der Waals surface area contributed by atoms with Crippen molar-refractivity contribution < 1.29 is 0 Å². The van der Waals surface area contributed by atoms with Crippen LogP contribution in [0.2, 0.25) is 0 Å². The van der Waals surface area contributed by atoms with Gasteiger partial charge in [-0.3, -0.25) is 0 Å². The van der Waals surface area contributed by atoms with Crippen molar-refractivity contribution in [3.05, 3.63) is 13.2 Å². The van der Waals surface area contributed by atoms with Gasteiger partial charge in [0, 0.05) is 0 Å². The summed E-state index contributed by atoms with van der Waals surface area (Å²) in [5.74, 6) is 2.12. The fraction of sp³-hybridized carbons (Fsp3) is 0.846. The Balaban J connectivity index is 0.000000671. The predicted octanol–water partition coefficient (Wildman–Crippen LogP) is 4.81. The van der Waals surface area contributed by atoms with E-state index in [1.54, 1.807) is 0 Å². The van der Waals surface area contributed by atoms with E-state index in [2.05, 4.69) is 27.0 Å². The van der Waals surface area contributed by atoms with Crippen LogP contribution in [0, 0.1) is 11.8 Å². The minimum absolute atomic E-state index is 1.04. The molecule has 0 heterocycles. The normalized spacial score (nSPS) is 18.1. The molecule has 0 amide bonds. The third-order valence-corrected chi connectivity index (χ3v) is 3.37. The molecule has 13 heavy (non-hydrogen) atoms. The second-order valence-corrected chi connectivity index (χ2v) is 3.97. The minimum atomic E-state index is 1.04. The molecule has 1 saturated carbocycles. The fourth-order valence-corrected chi connectivity index (χ4v) is 2.56. The molecule has 0 aromatic carbocycles. The Kier molecular flexibility index (Phi) is 8.18. The molecule has 1 aliphatic rings. The van der Waals surface area contributed by atoms with Crippen LogP contribution in [0.4, 0.5) is 0 Å². The van der Waals surface area contributed by atoms with Crippen molar-refractivity contribution >= 4 is 0 Å². The first-order valence-electron chi connectivity index (χ1n) is 5.88. The highest BCUT2D eigenvalue weighted by Crippen LogP contribution is 2.33. The molecule has 0 nitrogen and oxygen atoms in total. The Morgan fingerprint density at radius 2 is 1.46 bits per heavy atom. The maximum absolute atomic E-state index is 3.00. The quantitative estimate of drug-likeness (QED) is 0.550. The highest BCUT2D eigenvalue weighted by Gasteiger charge is 2.20. The van der Waals surface area contributed by atoms with E-state index in [-0.39, 0.29) is 0 Å². The summed E-state index contributed by atoms with van der Waals surface area (Å²) in [7, 11) is 0. The molecular formula is C13H26. The molecule has 0 heteroatoms. The SMILES string of the molecule is C=C.CCC(CC)C1CCCCC1. The van der Waals surface area contributed by atoms with Gasteiger partial charge in [-0.05, 0) is 11.8 Å². The largest absolute Gasteiger partial charge is 0.106 e. The Hall–Kier alpha value is -0.260. The Bertz CT molecular complexity index is 96.6. The summed E-state index contributed by atoms with van der Waals surface area (Å²) in [6.45, 7) is 10.7. The van der Waals surface area contributed by atoms with Gasteiger partial charge in [0.1, 0.15) is 0 Å². The van der Waals surface area contributed by atoms with Crippen molar-refractivity contribution in [1.82, 2.24) is 0 Å². The Labute approximate surface area is 84.4 Å². The lowest BCUT2D eigenvalue weighted by molar-refractivity contribution is 0.236. The van der Waals surface area contributed by atoms with Crippen LogP contribution in [-0.2, 0) is 0 Å². The van der Waals surface area contributed by atoms with E-state index in [9.17, 15) is 0 Å². The molecule has 0 aliphatic heterocycles. The number of hydrogen-bond acceptors (Lipinski definition) is 0. The lowest BCUT2D eigenvalue weighted by Gasteiger charge is -2.28. The molecule has 1 rings (SSSR count). The average Bonchev–Trinajstić information content (AvgIpc) is 2.24. The summed E-state index contributed by atoms with van der Waals surface area (Å²) in [6.07, 6.45) is 10.3. The van der Waals surface area contributed by atoms with E-state index >= 15 is 0 Å². The van der Waals surface area contributed by atoms with E-state index in [1.807, 2.05) is 0 Å². The van der Waals surface area contributed by atoms with Gasteiger partial charge in [-0.2, -0.15) is 0 Å². The first kappa shape index (κ1) is 12.7. The highest BCUT2D eigenvalue weighted by atomic mass is 14.3. The van der Waals surface area contributed by atoms with Gasteiger partial charge in [-0.15, -0.1) is 13.2 Å². The van der Waals surface area contributed by atoms with Crippen LogP contribution in [0.15, 0.2) is 13.2 Å². The van der Waals surface area contributed by atoms with Crippen LogP contribution in [0.1, 0.15) is 58.8 Å². The van der Waals surface area contributed by atoms with Gasteiger partial charge in [-0.1, -0.05) is 58.8 Å². The van der Waals surface area contributed by atoms with Crippen molar-refractivity contribution in [1.29, 1.82) is 0 Å².